The molecule has 1 N–H and O–H groups in total. The van der Waals surface area contributed by atoms with Crippen LogP contribution in [0.2, 0.25) is 0 Å². The van der Waals surface area contributed by atoms with Crippen LogP contribution in [0.15, 0.2) is 60.7 Å². The van der Waals surface area contributed by atoms with Crippen LogP contribution in [0.5, 0.6) is 11.8 Å². The molecule has 0 aliphatic carbocycles. The van der Waals surface area contributed by atoms with Gasteiger partial charge in [0.05, 0.1) is 16.6 Å². The Bertz CT molecular complexity index is 1530. The molecule has 5 rings (SSSR count). The maximum Gasteiger partial charge on any atom is 0.432 e. The largest absolute Gasteiger partial charge is 0.432 e. The second-order valence-electron chi connectivity index (χ2n) is 7.64. The van der Waals surface area contributed by atoms with Gasteiger partial charge in [-0.1, -0.05) is 17.7 Å². The maximum atomic E-state index is 13.3. The van der Waals surface area contributed by atoms with Gasteiger partial charge in [-0.25, -0.2) is 0 Å². The Hall–Kier alpha value is -4.02. The van der Waals surface area contributed by atoms with Gasteiger partial charge >= 0.3 is 12.4 Å². The third-order valence-electron chi connectivity index (χ3n) is 5.25. The van der Waals surface area contributed by atoms with E-state index in [-0.39, 0.29) is 11.8 Å². The molecule has 0 atom stereocenters. The zero-order valence-electron chi connectivity index (χ0n) is 17.3. The highest BCUT2D eigenvalue weighted by Crippen LogP contribution is 2.37. The lowest BCUT2D eigenvalue weighted by Crippen LogP contribution is -2.04. The molecule has 5 nitrogen and oxygen atoms in total. The van der Waals surface area contributed by atoms with Crippen molar-refractivity contribution in [3.05, 3.63) is 77.5 Å². The molecule has 5 aromatic rings. The smallest absolute Gasteiger partial charge is 0.419 e. The van der Waals surface area contributed by atoms with Crippen molar-refractivity contribution in [3.8, 4) is 17.6 Å². The summed E-state index contributed by atoms with van der Waals surface area (Å²) in [5, 5.41) is 6.35. The van der Waals surface area contributed by atoms with Crippen LogP contribution in [0.4, 0.5) is 26.3 Å². The summed E-state index contributed by atoms with van der Waals surface area (Å²) in [6.07, 6.45) is -9.11. The van der Waals surface area contributed by atoms with Gasteiger partial charge in [-0.3, -0.25) is 9.67 Å². The Kier molecular flexibility index (Phi) is 4.81. The van der Waals surface area contributed by atoms with E-state index in [0.717, 1.165) is 17.7 Å². The van der Waals surface area contributed by atoms with Gasteiger partial charge in [-0.05, 0) is 43.3 Å². The van der Waals surface area contributed by atoms with Gasteiger partial charge in [0.15, 0.2) is 0 Å². The summed E-state index contributed by atoms with van der Waals surface area (Å²) in [7, 11) is 0. The number of aryl methyl sites for hydroxylation is 1. The molecular weight excluding hydrogens is 462 g/mol. The van der Waals surface area contributed by atoms with Crippen LogP contribution < -0.4 is 4.74 Å². The number of nitrogens with zero attached hydrogens (tertiary/aromatic N) is 3. The summed E-state index contributed by atoms with van der Waals surface area (Å²) in [4.78, 5) is 4.36. The van der Waals surface area contributed by atoms with Gasteiger partial charge in [0.2, 0.25) is 11.8 Å². The molecule has 2 aromatic carbocycles. The Morgan fingerprint density at radius 3 is 2.18 bits per heavy atom. The first-order valence-corrected chi connectivity index (χ1v) is 9.90. The fourth-order valence-electron chi connectivity index (χ4n) is 3.75. The molecule has 0 amide bonds. The first-order valence-electron chi connectivity index (χ1n) is 9.90. The van der Waals surface area contributed by atoms with E-state index in [9.17, 15) is 26.3 Å². The van der Waals surface area contributed by atoms with Crippen LogP contribution in [0, 0.1) is 6.92 Å². The van der Waals surface area contributed by atoms with Crippen molar-refractivity contribution in [2.24, 2.45) is 0 Å². The fourth-order valence-corrected chi connectivity index (χ4v) is 3.75. The first-order chi connectivity index (χ1) is 16.0. The zero-order valence-corrected chi connectivity index (χ0v) is 17.3. The van der Waals surface area contributed by atoms with E-state index in [2.05, 4.69) is 10.1 Å². The second-order valence-corrected chi connectivity index (χ2v) is 7.64. The number of benzene rings is 2. The number of pyridine rings is 1. The van der Waals surface area contributed by atoms with Crippen molar-refractivity contribution in [2.45, 2.75) is 19.3 Å². The number of aromatic amines is 1. The molecule has 0 saturated carbocycles. The molecular formula is C23H14F6N4O. The molecule has 11 heteroatoms. The maximum absolute atomic E-state index is 13.3. The number of H-pyrrole nitrogens is 1. The Balaban J connectivity index is 1.63. The van der Waals surface area contributed by atoms with E-state index in [1.54, 1.807) is 28.8 Å². The average molecular weight is 476 g/mol. The van der Waals surface area contributed by atoms with Gasteiger partial charge in [0.1, 0.15) is 11.5 Å². The van der Waals surface area contributed by atoms with Crippen molar-refractivity contribution >= 4 is 21.8 Å². The minimum Gasteiger partial charge on any atom is -0.419 e. The lowest BCUT2D eigenvalue weighted by molar-refractivity contribution is -0.141. The fraction of sp³-hybridized carbons (Fsp3) is 0.130. The highest BCUT2D eigenvalue weighted by atomic mass is 19.4. The Morgan fingerprint density at radius 2 is 1.50 bits per heavy atom. The summed E-state index contributed by atoms with van der Waals surface area (Å²) in [5.41, 5.74) is 0.121. The van der Waals surface area contributed by atoms with Gasteiger partial charge in [-0.2, -0.15) is 31.3 Å². The Labute approximate surface area is 187 Å². The quantitative estimate of drug-likeness (QED) is 0.284. The summed E-state index contributed by atoms with van der Waals surface area (Å²) >= 11 is 0. The summed E-state index contributed by atoms with van der Waals surface area (Å²) in [6, 6.07) is 14.2. The highest BCUT2D eigenvalue weighted by Gasteiger charge is 2.33. The summed E-state index contributed by atoms with van der Waals surface area (Å²) < 4.78 is 85.5. The van der Waals surface area contributed by atoms with Crippen LogP contribution in [0.3, 0.4) is 0 Å². The van der Waals surface area contributed by atoms with E-state index < -0.39 is 23.6 Å². The minimum atomic E-state index is -4.61. The minimum absolute atomic E-state index is 0.0354. The van der Waals surface area contributed by atoms with Crippen molar-refractivity contribution in [1.29, 1.82) is 0 Å². The van der Waals surface area contributed by atoms with Crippen LogP contribution in [0.1, 0.15) is 16.8 Å². The average Bonchev–Trinajstić information content (AvgIpc) is 3.35. The molecule has 3 heterocycles. The number of aromatic nitrogens is 4. The van der Waals surface area contributed by atoms with Crippen molar-refractivity contribution in [1.82, 2.24) is 19.7 Å². The number of nitrogens with one attached hydrogen (secondary N) is 1. The first kappa shape index (κ1) is 21.8. The van der Waals surface area contributed by atoms with Gasteiger partial charge in [0.25, 0.3) is 0 Å². The van der Waals surface area contributed by atoms with Gasteiger partial charge in [0, 0.05) is 22.9 Å². The van der Waals surface area contributed by atoms with Crippen LogP contribution >= 0.6 is 0 Å². The number of rotatable bonds is 3. The van der Waals surface area contributed by atoms with E-state index in [1.165, 1.54) is 12.1 Å². The third-order valence-corrected chi connectivity index (χ3v) is 5.25. The lowest BCUT2D eigenvalue weighted by atomic mass is 10.1. The summed E-state index contributed by atoms with van der Waals surface area (Å²) in [5.74, 6) is -0.0518. The number of hydrogen-bond acceptors (Lipinski definition) is 3. The van der Waals surface area contributed by atoms with Crippen LogP contribution in [-0.2, 0) is 12.4 Å². The summed E-state index contributed by atoms with van der Waals surface area (Å²) in [6.45, 7) is 1.84. The standard InChI is InChI=1S/C23H14F6N4O/c1-12-5-7-16-14(9-12)15-10-13(22(24,25)26)6-8-17(15)33(16)19-3-2-4-20(30-19)34-21-11-18(31-32-21)23(27,28)29/h2-11H,1H3,(H,31,32). The van der Waals surface area contributed by atoms with Crippen LogP contribution in [-0.4, -0.2) is 19.7 Å². The van der Waals surface area contributed by atoms with Crippen molar-refractivity contribution in [3.63, 3.8) is 0 Å². The third kappa shape index (κ3) is 3.82. The van der Waals surface area contributed by atoms with Crippen molar-refractivity contribution in [2.75, 3.05) is 0 Å². The molecule has 0 bridgehead atoms. The number of hydrogen-bond donors (Lipinski definition) is 1. The molecule has 0 saturated heterocycles. The molecule has 174 valence electrons. The van der Waals surface area contributed by atoms with E-state index in [4.69, 9.17) is 4.74 Å². The number of halogens is 6. The molecule has 0 unspecified atom stereocenters. The molecule has 0 aliphatic rings. The number of fused-ring (bicyclic) bond motifs is 3. The molecule has 34 heavy (non-hydrogen) atoms. The predicted molar refractivity (Wildman–Crippen MR) is 112 cm³/mol. The normalized spacial score (nSPS) is 12.6. The SMILES string of the molecule is Cc1ccc2c(c1)c1cc(C(F)(F)F)ccc1n2-c1cccc(Oc2cc(C(F)(F)F)[nH]n2)n1. The van der Waals surface area contributed by atoms with Gasteiger partial charge < -0.3 is 4.74 Å². The zero-order chi connectivity index (χ0) is 24.3. The highest BCUT2D eigenvalue weighted by molar-refractivity contribution is 6.09. The second kappa shape index (κ2) is 7.51. The molecule has 0 fully saturated rings. The van der Waals surface area contributed by atoms with E-state index in [1.807, 2.05) is 18.1 Å². The van der Waals surface area contributed by atoms with Crippen LogP contribution in [0.25, 0.3) is 27.6 Å². The van der Waals surface area contributed by atoms with E-state index >= 15 is 0 Å². The number of ether oxygens (including phenoxy) is 1. The monoisotopic (exact) mass is 476 g/mol. The van der Waals surface area contributed by atoms with Gasteiger partial charge in [-0.15, -0.1) is 5.10 Å². The predicted octanol–water partition coefficient (Wildman–Crippen LogP) is 7.04. The molecule has 3 aromatic heterocycles. The lowest BCUT2D eigenvalue weighted by Gasteiger charge is -2.10. The van der Waals surface area contributed by atoms with Crippen molar-refractivity contribution < 1.29 is 31.1 Å². The molecule has 0 spiro atoms. The molecule has 0 aliphatic heterocycles. The number of alkyl halides is 6. The van der Waals surface area contributed by atoms with E-state index in [0.29, 0.717) is 33.7 Å². The Morgan fingerprint density at radius 1 is 0.794 bits per heavy atom. The topological polar surface area (TPSA) is 55.7 Å². The molecule has 0 radical (unpaired) electrons.